The molecule has 2 aromatic rings. The van der Waals surface area contributed by atoms with Gasteiger partial charge in [0.25, 0.3) is 0 Å². The number of Topliss-reactive ketones (excluding diaryl/α,β-unsaturated/α-hetero) is 1. The van der Waals surface area contributed by atoms with Gasteiger partial charge in [-0.15, -0.1) is 0 Å². The first-order valence-electron chi connectivity index (χ1n) is 13.3. The molecule has 2 aromatic carbocycles. The molecule has 0 aromatic heterocycles. The molecule has 0 saturated heterocycles. The summed E-state index contributed by atoms with van der Waals surface area (Å²) in [5.74, 6) is 0.734. The van der Waals surface area contributed by atoms with Crippen LogP contribution in [-0.4, -0.2) is 32.1 Å². The van der Waals surface area contributed by atoms with Crippen molar-refractivity contribution >= 4 is 27.7 Å². The Morgan fingerprint density at radius 1 is 0.947 bits per heavy atom. The molecule has 7 heteroatoms. The van der Waals surface area contributed by atoms with Crippen molar-refractivity contribution in [3.8, 4) is 11.5 Å². The van der Waals surface area contributed by atoms with Gasteiger partial charge in [0.2, 0.25) is 0 Å². The highest BCUT2D eigenvalue weighted by Crippen LogP contribution is 2.47. The maximum atomic E-state index is 13.9. The molecular weight excluding hydrogens is 546 g/mol. The Kier molecular flexibility index (Phi) is 7.93. The lowest BCUT2D eigenvalue weighted by Crippen LogP contribution is -2.37. The van der Waals surface area contributed by atoms with Gasteiger partial charge in [-0.25, -0.2) is 4.79 Å². The predicted molar refractivity (Wildman–Crippen MR) is 149 cm³/mol. The zero-order chi connectivity index (χ0) is 26.8. The Balaban J connectivity index is 1.53. The van der Waals surface area contributed by atoms with E-state index in [0.717, 1.165) is 58.4 Å². The van der Waals surface area contributed by atoms with Gasteiger partial charge in [0, 0.05) is 29.3 Å². The second kappa shape index (κ2) is 11.4. The summed E-state index contributed by atoms with van der Waals surface area (Å²) < 4.78 is 17.6. The number of hydrogen-bond acceptors (Lipinski definition) is 6. The molecule has 38 heavy (non-hydrogen) atoms. The topological polar surface area (TPSA) is 73.9 Å². The van der Waals surface area contributed by atoms with Crippen LogP contribution in [0.25, 0.3) is 0 Å². The fourth-order valence-corrected chi connectivity index (χ4v) is 6.57. The number of halogens is 1. The number of hydrogen-bond donors (Lipinski definition) is 1. The van der Waals surface area contributed by atoms with E-state index in [1.54, 1.807) is 14.2 Å². The fourth-order valence-electron chi connectivity index (χ4n) is 6.01. The number of esters is 1. The summed E-state index contributed by atoms with van der Waals surface area (Å²) in [7, 11) is 3.26. The average molecular weight is 581 g/mol. The Bertz CT molecular complexity index is 1290. The van der Waals surface area contributed by atoms with Crippen LogP contribution in [0.3, 0.4) is 0 Å². The third kappa shape index (κ3) is 5.26. The molecule has 0 radical (unpaired) electrons. The van der Waals surface area contributed by atoms with E-state index in [1.165, 1.54) is 6.42 Å². The lowest BCUT2D eigenvalue weighted by atomic mass is 9.71. The van der Waals surface area contributed by atoms with Crippen LogP contribution < -0.4 is 14.8 Å². The Morgan fingerprint density at radius 3 is 2.32 bits per heavy atom. The fraction of sp³-hybridized carbons (Fsp3) is 0.419. The normalized spacial score (nSPS) is 22.1. The lowest BCUT2D eigenvalue weighted by molar-refractivity contribution is -0.146. The molecule has 200 valence electrons. The van der Waals surface area contributed by atoms with Crippen molar-refractivity contribution in [3.63, 3.8) is 0 Å². The maximum absolute atomic E-state index is 13.9. The van der Waals surface area contributed by atoms with Crippen molar-refractivity contribution in [2.45, 2.75) is 69.8 Å². The second-order valence-electron chi connectivity index (χ2n) is 10.3. The van der Waals surface area contributed by atoms with E-state index in [-0.39, 0.29) is 23.8 Å². The summed E-state index contributed by atoms with van der Waals surface area (Å²) in [5, 5.41) is 3.45. The van der Waals surface area contributed by atoms with Gasteiger partial charge in [-0.05, 0) is 96.3 Å². The smallest absolute Gasteiger partial charge is 0.337 e. The standard InChI is InChI=1S/C31H34BrNO5/c1-18-28(31(35)38-23-7-5-4-6-8-23)29(20-11-14-27(37-3)24(32)15-20)30-25(33-18)16-21(17-26(30)34)19-9-12-22(36-2)13-10-19/h9-15,21,23,29,33H,4-8,16-17H2,1-3H3/t21-,29-/m0/s1. The number of allylic oxidation sites excluding steroid dienone is 3. The molecular formula is C31H34BrNO5. The molecule has 0 unspecified atom stereocenters. The first-order chi connectivity index (χ1) is 18.4. The molecule has 1 saturated carbocycles. The van der Waals surface area contributed by atoms with E-state index in [2.05, 4.69) is 21.2 Å². The molecule has 1 N–H and O–H groups in total. The van der Waals surface area contributed by atoms with Gasteiger partial charge in [-0.1, -0.05) is 24.6 Å². The van der Waals surface area contributed by atoms with E-state index in [0.29, 0.717) is 29.7 Å². The number of dihydropyridines is 1. The molecule has 2 aliphatic carbocycles. The predicted octanol–water partition coefficient (Wildman–Crippen LogP) is 6.70. The van der Waals surface area contributed by atoms with Crippen LogP contribution in [0.5, 0.6) is 11.5 Å². The Hall–Kier alpha value is -3.06. The summed E-state index contributed by atoms with van der Waals surface area (Å²) in [6, 6.07) is 13.7. The van der Waals surface area contributed by atoms with Crippen molar-refractivity contribution in [2.24, 2.45) is 0 Å². The van der Waals surface area contributed by atoms with Crippen LogP contribution in [0.15, 0.2) is 69.5 Å². The molecule has 2 atom stereocenters. The highest BCUT2D eigenvalue weighted by atomic mass is 79.9. The van der Waals surface area contributed by atoms with Crippen molar-refractivity contribution in [2.75, 3.05) is 14.2 Å². The summed E-state index contributed by atoms with van der Waals surface area (Å²) in [6.45, 7) is 1.91. The lowest BCUT2D eigenvalue weighted by Gasteiger charge is -2.37. The van der Waals surface area contributed by atoms with Crippen LogP contribution in [0.1, 0.15) is 74.8 Å². The van der Waals surface area contributed by atoms with Crippen LogP contribution in [0.2, 0.25) is 0 Å². The first-order valence-corrected chi connectivity index (χ1v) is 14.1. The number of rotatable bonds is 6. The molecule has 1 heterocycles. The molecule has 1 aliphatic heterocycles. The van der Waals surface area contributed by atoms with Crippen molar-refractivity contribution in [3.05, 3.63) is 80.6 Å². The molecule has 6 nitrogen and oxygen atoms in total. The zero-order valence-electron chi connectivity index (χ0n) is 22.1. The molecule has 0 amide bonds. The largest absolute Gasteiger partial charge is 0.497 e. The van der Waals surface area contributed by atoms with Crippen molar-refractivity contribution in [1.29, 1.82) is 0 Å². The minimum absolute atomic E-state index is 0.0476. The van der Waals surface area contributed by atoms with Gasteiger partial charge in [0.1, 0.15) is 17.6 Å². The van der Waals surface area contributed by atoms with Crippen LogP contribution in [-0.2, 0) is 14.3 Å². The summed E-state index contributed by atoms with van der Waals surface area (Å²) in [6.07, 6.45) is 6.10. The number of ether oxygens (including phenoxy) is 3. The van der Waals surface area contributed by atoms with E-state index in [4.69, 9.17) is 14.2 Å². The maximum Gasteiger partial charge on any atom is 0.337 e. The van der Waals surface area contributed by atoms with Gasteiger partial charge in [-0.2, -0.15) is 0 Å². The van der Waals surface area contributed by atoms with E-state index < -0.39 is 5.92 Å². The van der Waals surface area contributed by atoms with Crippen molar-refractivity contribution in [1.82, 2.24) is 5.32 Å². The summed E-state index contributed by atoms with van der Waals surface area (Å²) in [5.41, 5.74) is 4.75. The molecule has 5 rings (SSSR count). The third-order valence-electron chi connectivity index (χ3n) is 7.97. The number of ketones is 1. The van der Waals surface area contributed by atoms with Gasteiger partial charge in [-0.3, -0.25) is 4.79 Å². The number of nitrogens with one attached hydrogen (secondary N) is 1. The van der Waals surface area contributed by atoms with E-state index in [1.807, 2.05) is 49.4 Å². The molecule has 0 spiro atoms. The molecule has 3 aliphatic rings. The van der Waals surface area contributed by atoms with Gasteiger partial charge in [0.05, 0.1) is 24.3 Å². The molecule has 0 bridgehead atoms. The highest BCUT2D eigenvalue weighted by Gasteiger charge is 2.42. The Morgan fingerprint density at radius 2 is 1.66 bits per heavy atom. The van der Waals surface area contributed by atoms with E-state index in [9.17, 15) is 9.59 Å². The Labute approximate surface area is 232 Å². The number of methoxy groups -OCH3 is 2. The average Bonchev–Trinajstić information content (AvgIpc) is 2.92. The van der Waals surface area contributed by atoms with Gasteiger partial charge < -0.3 is 19.5 Å². The number of benzene rings is 2. The first kappa shape index (κ1) is 26.5. The third-order valence-corrected chi connectivity index (χ3v) is 8.59. The highest BCUT2D eigenvalue weighted by molar-refractivity contribution is 9.10. The second-order valence-corrected chi connectivity index (χ2v) is 11.2. The van der Waals surface area contributed by atoms with Crippen LogP contribution in [0, 0.1) is 0 Å². The minimum Gasteiger partial charge on any atom is -0.497 e. The quantitative estimate of drug-likeness (QED) is 0.384. The molecule has 1 fully saturated rings. The monoisotopic (exact) mass is 579 g/mol. The van der Waals surface area contributed by atoms with Crippen LogP contribution in [0.4, 0.5) is 0 Å². The number of carbonyl (C=O) groups excluding carboxylic acids is 2. The SMILES string of the molecule is COc1ccc([C@@H]2CC(=O)C3=C(C2)NC(C)=C(C(=O)OC2CCCCC2)[C@@H]3c2ccc(OC)c(Br)c2)cc1. The number of carbonyl (C=O) groups is 2. The van der Waals surface area contributed by atoms with Gasteiger partial charge >= 0.3 is 5.97 Å². The van der Waals surface area contributed by atoms with Crippen molar-refractivity contribution < 1.29 is 23.8 Å². The summed E-state index contributed by atoms with van der Waals surface area (Å²) >= 11 is 3.60. The van der Waals surface area contributed by atoms with Gasteiger partial charge in [0.15, 0.2) is 5.78 Å². The zero-order valence-corrected chi connectivity index (χ0v) is 23.7. The minimum atomic E-state index is -0.506. The van der Waals surface area contributed by atoms with E-state index >= 15 is 0 Å². The summed E-state index contributed by atoms with van der Waals surface area (Å²) in [4.78, 5) is 27.6. The van der Waals surface area contributed by atoms with Crippen LogP contribution >= 0.6 is 15.9 Å².